The second-order valence-electron chi connectivity index (χ2n) is 6.52. The lowest BCUT2D eigenvalue weighted by atomic mass is 9.81. The molecule has 1 heterocycles. The lowest BCUT2D eigenvalue weighted by molar-refractivity contribution is -0.204. The largest absolute Gasteiger partial charge is 0.445 e. The Morgan fingerprint density at radius 1 is 1.12 bits per heavy atom. The maximum Gasteiger partial charge on any atom is 0.436 e. The highest BCUT2D eigenvalue weighted by Crippen LogP contribution is 2.45. The van der Waals surface area contributed by atoms with E-state index < -0.39 is 35.8 Å². The van der Waals surface area contributed by atoms with Crippen molar-refractivity contribution in [1.82, 2.24) is 10.0 Å². The molecule has 0 N–H and O–H groups in total. The van der Waals surface area contributed by atoms with E-state index in [4.69, 9.17) is 21.1 Å². The van der Waals surface area contributed by atoms with Crippen LogP contribution in [-0.2, 0) is 19.8 Å². The average molecular weight is 383 g/mol. The third kappa shape index (κ3) is 3.35. The minimum absolute atomic E-state index is 0.241. The van der Waals surface area contributed by atoms with Gasteiger partial charge in [-0.1, -0.05) is 30.7 Å². The van der Waals surface area contributed by atoms with Crippen molar-refractivity contribution in [1.29, 1.82) is 0 Å². The van der Waals surface area contributed by atoms with Gasteiger partial charge in [0.15, 0.2) is 5.54 Å². The molecule has 0 saturated carbocycles. The van der Waals surface area contributed by atoms with Crippen molar-refractivity contribution in [3.05, 3.63) is 34.9 Å². The van der Waals surface area contributed by atoms with Crippen molar-refractivity contribution in [2.24, 2.45) is 0 Å². The Morgan fingerprint density at radius 2 is 1.69 bits per heavy atom. The molecule has 1 saturated heterocycles. The molecule has 0 bridgehead atoms. The molecular formula is C18H23ClN2O5. The van der Waals surface area contributed by atoms with Gasteiger partial charge in [-0.2, -0.15) is 5.01 Å². The summed E-state index contributed by atoms with van der Waals surface area (Å²) in [5.41, 5.74) is -0.862. The summed E-state index contributed by atoms with van der Waals surface area (Å²) >= 11 is 6.06. The van der Waals surface area contributed by atoms with Crippen molar-refractivity contribution in [3.8, 4) is 0 Å². The van der Waals surface area contributed by atoms with Crippen LogP contribution < -0.4 is 0 Å². The van der Waals surface area contributed by atoms with Crippen molar-refractivity contribution < 1.29 is 23.9 Å². The number of hydrogen-bond donors (Lipinski definition) is 0. The first kappa shape index (κ1) is 20.0. The van der Waals surface area contributed by atoms with Gasteiger partial charge in [0.25, 0.3) is 5.91 Å². The van der Waals surface area contributed by atoms with Crippen LogP contribution in [0.2, 0.25) is 5.02 Å². The van der Waals surface area contributed by atoms with Crippen LogP contribution >= 0.6 is 11.6 Å². The molecule has 7 nitrogen and oxygen atoms in total. The third-order valence-corrected chi connectivity index (χ3v) is 4.18. The van der Waals surface area contributed by atoms with E-state index in [1.54, 1.807) is 58.9 Å². The van der Waals surface area contributed by atoms with Gasteiger partial charge in [0.2, 0.25) is 0 Å². The summed E-state index contributed by atoms with van der Waals surface area (Å²) in [6, 6.07) is 6.64. The molecule has 0 radical (unpaired) electrons. The molecule has 1 fully saturated rings. The van der Waals surface area contributed by atoms with E-state index >= 15 is 0 Å². The van der Waals surface area contributed by atoms with E-state index in [2.05, 4.69) is 0 Å². The number of imide groups is 1. The van der Waals surface area contributed by atoms with E-state index in [0.29, 0.717) is 15.6 Å². The summed E-state index contributed by atoms with van der Waals surface area (Å²) in [6.07, 6.45) is -2.35. The van der Waals surface area contributed by atoms with Crippen molar-refractivity contribution in [2.45, 2.75) is 58.8 Å². The number of benzene rings is 1. The molecule has 26 heavy (non-hydrogen) atoms. The molecule has 1 aliphatic heterocycles. The molecule has 142 valence electrons. The van der Waals surface area contributed by atoms with Gasteiger partial charge in [0, 0.05) is 5.02 Å². The zero-order valence-electron chi connectivity index (χ0n) is 15.5. The minimum Gasteiger partial charge on any atom is -0.445 e. The van der Waals surface area contributed by atoms with Gasteiger partial charge in [-0.05, 0) is 51.8 Å². The number of ether oxygens (including phenoxy) is 2. The van der Waals surface area contributed by atoms with Crippen molar-refractivity contribution in [2.75, 3.05) is 0 Å². The van der Waals surface area contributed by atoms with Crippen LogP contribution in [0.4, 0.5) is 9.59 Å². The Morgan fingerprint density at radius 3 is 2.19 bits per heavy atom. The van der Waals surface area contributed by atoms with Gasteiger partial charge in [-0.25, -0.2) is 9.59 Å². The third-order valence-electron chi connectivity index (χ3n) is 3.94. The fourth-order valence-electron chi connectivity index (χ4n) is 2.88. The Kier molecular flexibility index (Phi) is 5.81. The van der Waals surface area contributed by atoms with E-state index in [1.807, 2.05) is 0 Å². The van der Waals surface area contributed by atoms with Crippen LogP contribution in [0.15, 0.2) is 24.3 Å². The van der Waals surface area contributed by atoms with Crippen LogP contribution in [0.25, 0.3) is 0 Å². The number of rotatable bonds is 4. The molecule has 1 unspecified atom stereocenters. The highest BCUT2D eigenvalue weighted by Gasteiger charge is 2.65. The van der Waals surface area contributed by atoms with Gasteiger partial charge < -0.3 is 9.47 Å². The standard InChI is InChI=1S/C18H23ClN2O5/c1-6-18(13-8-7-9-14(19)10-13)15(22)20(16(23)25-11(2)3)21(18)17(24)26-12(4)5/h7-12H,6H2,1-5H3. The summed E-state index contributed by atoms with van der Waals surface area (Å²) in [5, 5.41) is 2.13. The maximum absolute atomic E-state index is 13.0. The Labute approximate surface area is 157 Å². The molecule has 1 aromatic rings. The molecule has 0 aromatic heterocycles. The second kappa shape index (κ2) is 7.53. The Bertz CT molecular complexity index is 721. The van der Waals surface area contributed by atoms with Gasteiger partial charge in [0.1, 0.15) is 0 Å². The zero-order valence-corrected chi connectivity index (χ0v) is 16.2. The predicted molar refractivity (Wildman–Crippen MR) is 95.3 cm³/mol. The van der Waals surface area contributed by atoms with Gasteiger partial charge in [0.05, 0.1) is 12.2 Å². The van der Waals surface area contributed by atoms with E-state index in [-0.39, 0.29) is 6.42 Å². The second-order valence-corrected chi connectivity index (χ2v) is 6.95. The highest BCUT2D eigenvalue weighted by atomic mass is 35.5. The van der Waals surface area contributed by atoms with Crippen molar-refractivity contribution >= 4 is 29.7 Å². The molecular weight excluding hydrogens is 360 g/mol. The predicted octanol–water partition coefficient (Wildman–Crippen LogP) is 4.09. The fourth-order valence-corrected chi connectivity index (χ4v) is 3.07. The van der Waals surface area contributed by atoms with Gasteiger partial charge in [-0.3, -0.25) is 4.79 Å². The van der Waals surface area contributed by atoms with Crippen LogP contribution in [0.1, 0.15) is 46.6 Å². The minimum atomic E-state index is -1.37. The highest BCUT2D eigenvalue weighted by molar-refractivity contribution is 6.30. The number of nitrogens with zero attached hydrogens (tertiary/aromatic N) is 2. The first-order valence-electron chi connectivity index (χ1n) is 8.47. The first-order chi connectivity index (χ1) is 12.1. The van der Waals surface area contributed by atoms with Gasteiger partial charge >= 0.3 is 12.2 Å². The lowest BCUT2D eigenvalue weighted by Crippen LogP contribution is -2.78. The quantitative estimate of drug-likeness (QED) is 0.783. The van der Waals surface area contributed by atoms with Crippen LogP contribution in [0, 0.1) is 0 Å². The average Bonchev–Trinajstić information content (AvgIpc) is 2.51. The SMILES string of the molecule is CCC1(c2cccc(Cl)c2)C(=O)N(C(=O)OC(C)C)N1C(=O)OC(C)C. The Balaban J connectivity index is 2.50. The summed E-state index contributed by atoms with van der Waals surface area (Å²) in [4.78, 5) is 38.0. The number of halogens is 1. The maximum atomic E-state index is 13.0. The summed E-state index contributed by atoms with van der Waals surface area (Å²) in [6.45, 7) is 8.43. The molecule has 1 aromatic carbocycles. The van der Waals surface area contributed by atoms with E-state index in [1.165, 1.54) is 0 Å². The fraction of sp³-hybridized carbons (Fsp3) is 0.500. The first-order valence-corrected chi connectivity index (χ1v) is 8.84. The molecule has 2 rings (SSSR count). The van der Waals surface area contributed by atoms with Crippen LogP contribution in [0.3, 0.4) is 0 Å². The van der Waals surface area contributed by atoms with Crippen LogP contribution in [0.5, 0.6) is 0 Å². The summed E-state index contributed by atoms with van der Waals surface area (Å²) < 4.78 is 10.3. The summed E-state index contributed by atoms with van der Waals surface area (Å²) in [7, 11) is 0. The lowest BCUT2D eigenvalue weighted by Gasteiger charge is -2.54. The molecule has 3 amide bonds. The number of carbonyl (C=O) groups excluding carboxylic acids is 3. The number of hydrazine groups is 1. The smallest absolute Gasteiger partial charge is 0.436 e. The number of hydrogen-bond acceptors (Lipinski definition) is 5. The van der Waals surface area contributed by atoms with E-state index in [9.17, 15) is 14.4 Å². The number of carbonyl (C=O) groups is 3. The van der Waals surface area contributed by atoms with Crippen LogP contribution in [-0.4, -0.2) is 40.3 Å². The molecule has 1 aliphatic rings. The topological polar surface area (TPSA) is 76.2 Å². The molecule has 8 heteroatoms. The summed E-state index contributed by atoms with van der Waals surface area (Å²) in [5.74, 6) is -0.561. The Hall–Kier alpha value is -2.28. The van der Waals surface area contributed by atoms with E-state index in [0.717, 1.165) is 5.01 Å². The monoisotopic (exact) mass is 382 g/mol. The normalized spacial score (nSPS) is 19.6. The van der Waals surface area contributed by atoms with Gasteiger partial charge in [-0.15, -0.1) is 5.01 Å². The molecule has 1 atom stereocenters. The van der Waals surface area contributed by atoms with Crippen molar-refractivity contribution in [3.63, 3.8) is 0 Å². The number of amides is 3. The zero-order chi connectivity index (χ0) is 19.6. The molecule has 0 spiro atoms. The molecule has 0 aliphatic carbocycles.